The smallest absolute Gasteiger partial charge is 0.0655 e. The van der Waals surface area contributed by atoms with Crippen LogP contribution in [0.15, 0.2) is 18.2 Å². The maximum absolute atomic E-state index is 5.89. The van der Waals surface area contributed by atoms with Gasteiger partial charge in [0, 0.05) is 12.1 Å². The molecular formula is C10H14ClNO. The van der Waals surface area contributed by atoms with Crippen LogP contribution in [0.2, 0.25) is 5.02 Å². The van der Waals surface area contributed by atoms with Crippen LogP contribution in [0.3, 0.4) is 0 Å². The summed E-state index contributed by atoms with van der Waals surface area (Å²) in [5, 5.41) is 0.715. The predicted molar refractivity (Wildman–Crippen MR) is 55.0 cm³/mol. The maximum atomic E-state index is 5.89. The van der Waals surface area contributed by atoms with E-state index in [9.17, 15) is 0 Å². The van der Waals surface area contributed by atoms with Crippen molar-refractivity contribution in [3.05, 3.63) is 34.3 Å². The van der Waals surface area contributed by atoms with Crippen LogP contribution in [0.5, 0.6) is 0 Å². The summed E-state index contributed by atoms with van der Waals surface area (Å²) in [6, 6.07) is 5.62. The second kappa shape index (κ2) is 4.61. The molecule has 0 aliphatic rings. The fourth-order valence-corrected chi connectivity index (χ4v) is 1.46. The van der Waals surface area contributed by atoms with Crippen molar-refractivity contribution in [2.75, 3.05) is 13.7 Å². The highest BCUT2D eigenvalue weighted by Crippen LogP contribution is 2.20. The van der Waals surface area contributed by atoms with E-state index in [-0.39, 0.29) is 6.04 Å². The molecule has 13 heavy (non-hydrogen) atoms. The van der Waals surface area contributed by atoms with Gasteiger partial charge < -0.3 is 10.5 Å². The second-order valence-electron chi connectivity index (χ2n) is 3.06. The number of methoxy groups -OCH3 is 1. The zero-order chi connectivity index (χ0) is 9.84. The van der Waals surface area contributed by atoms with Crippen molar-refractivity contribution in [1.82, 2.24) is 0 Å². The number of ether oxygens (including phenoxy) is 1. The summed E-state index contributed by atoms with van der Waals surface area (Å²) in [4.78, 5) is 0. The Balaban J connectivity index is 2.91. The standard InChI is InChI=1S/C10H14ClNO/c1-7-3-4-8(11)5-9(7)10(12)6-13-2/h3-5,10H,6,12H2,1-2H3/t10-/m1/s1. The first-order chi connectivity index (χ1) is 6.15. The van der Waals surface area contributed by atoms with E-state index in [0.717, 1.165) is 11.1 Å². The molecule has 0 saturated carbocycles. The Kier molecular flexibility index (Phi) is 3.72. The van der Waals surface area contributed by atoms with Crippen LogP contribution in [0.25, 0.3) is 0 Å². The molecular weight excluding hydrogens is 186 g/mol. The highest BCUT2D eigenvalue weighted by molar-refractivity contribution is 6.30. The number of nitrogens with two attached hydrogens (primary N) is 1. The summed E-state index contributed by atoms with van der Waals surface area (Å²) in [5.41, 5.74) is 8.09. The van der Waals surface area contributed by atoms with Gasteiger partial charge in [-0.3, -0.25) is 0 Å². The summed E-state index contributed by atoms with van der Waals surface area (Å²) >= 11 is 5.86. The van der Waals surface area contributed by atoms with Gasteiger partial charge in [-0.1, -0.05) is 17.7 Å². The SMILES string of the molecule is COC[C@@H](N)c1cc(Cl)ccc1C. The lowest BCUT2D eigenvalue weighted by Gasteiger charge is -2.13. The van der Waals surface area contributed by atoms with Gasteiger partial charge in [0.15, 0.2) is 0 Å². The van der Waals surface area contributed by atoms with Gasteiger partial charge in [0.1, 0.15) is 0 Å². The highest BCUT2D eigenvalue weighted by atomic mass is 35.5. The number of benzene rings is 1. The van der Waals surface area contributed by atoms with E-state index in [1.165, 1.54) is 0 Å². The first kappa shape index (κ1) is 10.5. The van der Waals surface area contributed by atoms with Crippen molar-refractivity contribution in [2.45, 2.75) is 13.0 Å². The summed E-state index contributed by atoms with van der Waals surface area (Å²) in [6.45, 7) is 2.53. The van der Waals surface area contributed by atoms with Crippen molar-refractivity contribution < 1.29 is 4.74 Å². The lowest BCUT2D eigenvalue weighted by atomic mass is 10.0. The third-order valence-corrected chi connectivity index (χ3v) is 2.22. The van der Waals surface area contributed by atoms with E-state index < -0.39 is 0 Å². The van der Waals surface area contributed by atoms with Gasteiger partial charge in [0.05, 0.1) is 12.6 Å². The largest absolute Gasteiger partial charge is 0.383 e. The summed E-state index contributed by atoms with van der Waals surface area (Å²) in [6.07, 6.45) is 0. The zero-order valence-corrected chi connectivity index (χ0v) is 8.64. The monoisotopic (exact) mass is 199 g/mol. The Morgan fingerprint density at radius 1 is 1.54 bits per heavy atom. The minimum atomic E-state index is -0.0938. The lowest BCUT2D eigenvalue weighted by molar-refractivity contribution is 0.180. The van der Waals surface area contributed by atoms with E-state index in [1.54, 1.807) is 7.11 Å². The van der Waals surface area contributed by atoms with Gasteiger partial charge >= 0.3 is 0 Å². The summed E-state index contributed by atoms with van der Waals surface area (Å²) in [5.74, 6) is 0. The van der Waals surface area contributed by atoms with Crippen LogP contribution in [0.4, 0.5) is 0 Å². The summed E-state index contributed by atoms with van der Waals surface area (Å²) < 4.78 is 4.98. The lowest BCUT2D eigenvalue weighted by Crippen LogP contribution is -2.17. The Hall–Kier alpha value is -0.570. The van der Waals surface area contributed by atoms with E-state index in [0.29, 0.717) is 11.6 Å². The molecule has 0 bridgehead atoms. The van der Waals surface area contributed by atoms with Crippen LogP contribution >= 0.6 is 11.6 Å². The quantitative estimate of drug-likeness (QED) is 0.811. The number of halogens is 1. The van der Waals surface area contributed by atoms with E-state index in [4.69, 9.17) is 22.1 Å². The number of hydrogen-bond donors (Lipinski definition) is 1. The summed E-state index contributed by atoms with van der Waals surface area (Å²) in [7, 11) is 1.64. The Labute approximate surface area is 83.6 Å². The van der Waals surface area contributed by atoms with Crippen molar-refractivity contribution >= 4 is 11.6 Å². The fraction of sp³-hybridized carbons (Fsp3) is 0.400. The molecule has 0 spiro atoms. The molecule has 3 heteroatoms. The minimum absolute atomic E-state index is 0.0938. The average Bonchev–Trinajstić information content (AvgIpc) is 2.09. The molecule has 0 fully saturated rings. The average molecular weight is 200 g/mol. The van der Waals surface area contributed by atoms with Gasteiger partial charge in [-0.2, -0.15) is 0 Å². The topological polar surface area (TPSA) is 35.2 Å². The van der Waals surface area contributed by atoms with Gasteiger partial charge in [-0.05, 0) is 30.2 Å². The molecule has 0 amide bonds. The van der Waals surface area contributed by atoms with E-state index >= 15 is 0 Å². The van der Waals surface area contributed by atoms with Crippen LogP contribution < -0.4 is 5.73 Å². The van der Waals surface area contributed by atoms with Crippen LogP contribution in [-0.2, 0) is 4.74 Å². The number of rotatable bonds is 3. The van der Waals surface area contributed by atoms with Crippen molar-refractivity contribution in [1.29, 1.82) is 0 Å². The molecule has 1 atom stereocenters. The van der Waals surface area contributed by atoms with Gasteiger partial charge in [-0.15, -0.1) is 0 Å². The van der Waals surface area contributed by atoms with Gasteiger partial charge in [0.25, 0.3) is 0 Å². The maximum Gasteiger partial charge on any atom is 0.0655 e. The second-order valence-corrected chi connectivity index (χ2v) is 3.50. The molecule has 2 N–H and O–H groups in total. The Morgan fingerprint density at radius 3 is 2.85 bits per heavy atom. The molecule has 0 aromatic heterocycles. The minimum Gasteiger partial charge on any atom is -0.383 e. The number of aryl methyl sites for hydroxylation is 1. The zero-order valence-electron chi connectivity index (χ0n) is 7.88. The Bertz CT molecular complexity index is 288. The Morgan fingerprint density at radius 2 is 2.23 bits per heavy atom. The van der Waals surface area contributed by atoms with E-state index in [1.807, 2.05) is 25.1 Å². The van der Waals surface area contributed by atoms with Crippen molar-refractivity contribution in [3.8, 4) is 0 Å². The van der Waals surface area contributed by atoms with Gasteiger partial charge in [-0.25, -0.2) is 0 Å². The van der Waals surface area contributed by atoms with Crippen LogP contribution in [0, 0.1) is 6.92 Å². The van der Waals surface area contributed by atoms with Gasteiger partial charge in [0.2, 0.25) is 0 Å². The molecule has 0 aliphatic heterocycles. The predicted octanol–water partition coefficient (Wildman–Crippen LogP) is 2.29. The van der Waals surface area contributed by atoms with Crippen molar-refractivity contribution in [3.63, 3.8) is 0 Å². The molecule has 0 unspecified atom stereocenters. The molecule has 0 heterocycles. The molecule has 1 rings (SSSR count). The normalized spacial score (nSPS) is 12.9. The highest BCUT2D eigenvalue weighted by Gasteiger charge is 2.08. The van der Waals surface area contributed by atoms with Crippen molar-refractivity contribution in [2.24, 2.45) is 5.73 Å². The van der Waals surface area contributed by atoms with Crippen LogP contribution in [-0.4, -0.2) is 13.7 Å². The third-order valence-electron chi connectivity index (χ3n) is 1.99. The first-order valence-corrected chi connectivity index (χ1v) is 4.53. The number of hydrogen-bond acceptors (Lipinski definition) is 2. The first-order valence-electron chi connectivity index (χ1n) is 4.15. The molecule has 0 radical (unpaired) electrons. The molecule has 1 aromatic carbocycles. The fourth-order valence-electron chi connectivity index (χ4n) is 1.28. The molecule has 0 aliphatic carbocycles. The molecule has 0 saturated heterocycles. The van der Waals surface area contributed by atoms with E-state index in [2.05, 4.69) is 0 Å². The third kappa shape index (κ3) is 2.69. The van der Waals surface area contributed by atoms with Crippen LogP contribution in [0.1, 0.15) is 17.2 Å². The molecule has 72 valence electrons. The molecule has 1 aromatic rings. The molecule has 2 nitrogen and oxygen atoms in total.